The van der Waals surface area contributed by atoms with E-state index in [-0.39, 0.29) is 12.1 Å². The molecule has 0 amide bonds. The summed E-state index contributed by atoms with van der Waals surface area (Å²) >= 11 is 11.5. The van der Waals surface area contributed by atoms with Gasteiger partial charge in [-0.3, -0.25) is 0 Å². The first-order chi connectivity index (χ1) is 21.0. The highest BCUT2D eigenvalue weighted by Gasteiger charge is 2.38. The topological polar surface area (TPSA) is 78.3 Å². The lowest BCUT2D eigenvalue weighted by Crippen LogP contribution is -2.32. The van der Waals surface area contributed by atoms with Crippen LogP contribution in [0.2, 0.25) is 5.02 Å². The first kappa shape index (κ1) is 29.8. The second-order valence-corrected chi connectivity index (χ2v) is 13.0. The molecule has 1 fully saturated rings. The van der Waals surface area contributed by atoms with Crippen LogP contribution < -0.4 is 10.1 Å². The van der Waals surface area contributed by atoms with Crippen LogP contribution in [0.3, 0.4) is 0 Å². The summed E-state index contributed by atoms with van der Waals surface area (Å²) in [6.45, 7) is 2.27. The van der Waals surface area contributed by atoms with E-state index in [1.165, 1.54) is 18.2 Å². The van der Waals surface area contributed by atoms with Gasteiger partial charge in [-0.15, -0.1) is 5.10 Å². The van der Waals surface area contributed by atoms with Gasteiger partial charge in [-0.05, 0) is 68.0 Å². The Balaban J connectivity index is 1.37. The van der Waals surface area contributed by atoms with Crippen molar-refractivity contribution in [3.8, 4) is 5.75 Å². The number of thioether (sulfide) groups is 1. The van der Waals surface area contributed by atoms with Gasteiger partial charge in [0.1, 0.15) is 24.5 Å². The van der Waals surface area contributed by atoms with Crippen LogP contribution in [0.15, 0.2) is 93.7 Å². The van der Waals surface area contributed by atoms with Crippen molar-refractivity contribution in [2.24, 2.45) is 0 Å². The quantitative estimate of drug-likeness (QED) is 0.140. The van der Waals surface area contributed by atoms with Crippen LogP contribution in [-0.2, 0) is 21.9 Å². The van der Waals surface area contributed by atoms with Gasteiger partial charge in [-0.2, -0.15) is 4.98 Å². The summed E-state index contributed by atoms with van der Waals surface area (Å²) in [5, 5.41) is 9.51. The maximum Gasteiger partial charge on any atom is 0.338 e. The summed E-state index contributed by atoms with van der Waals surface area (Å²) in [5.74, 6) is 1.47. The molecule has 2 heterocycles. The predicted molar refractivity (Wildman–Crippen MR) is 173 cm³/mol. The zero-order valence-corrected chi connectivity index (χ0v) is 26.9. The van der Waals surface area contributed by atoms with E-state index in [9.17, 15) is 4.79 Å². The average Bonchev–Trinajstić information content (AvgIpc) is 3.42. The molecule has 1 saturated carbocycles. The molecule has 4 aromatic rings. The van der Waals surface area contributed by atoms with Gasteiger partial charge < -0.3 is 14.8 Å². The Morgan fingerprint density at radius 3 is 2.63 bits per heavy atom. The monoisotopic (exact) mass is 678 g/mol. The van der Waals surface area contributed by atoms with E-state index in [1.807, 2.05) is 79.7 Å². The lowest BCUT2D eigenvalue weighted by atomic mass is 9.94. The predicted octanol–water partition coefficient (Wildman–Crippen LogP) is 8.73. The number of nitrogens with one attached hydrogen (secondary N) is 1. The number of aromatic nitrogens is 3. The minimum Gasteiger partial charge on any atom is -0.489 e. The first-order valence-corrected chi connectivity index (χ1v) is 16.6. The number of allylic oxidation sites excluding steroid dienone is 1. The molecule has 0 spiro atoms. The number of hydrogen-bond acceptors (Lipinski definition) is 7. The third kappa shape index (κ3) is 6.95. The number of esters is 1. The molecule has 1 unspecified atom stereocenters. The van der Waals surface area contributed by atoms with E-state index in [0.717, 1.165) is 46.8 Å². The minimum absolute atomic E-state index is 0.0857. The molecule has 1 aromatic heterocycles. The van der Waals surface area contributed by atoms with Crippen molar-refractivity contribution in [2.45, 2.75) is 68.7 Å². The van der Waals surface area contributed by atoms with Crippen LogP contribution in [0.4, 0.5) is 5.95 Å². The number of carbonyl (C=O) groups is 1. The van der Waals surface area contributed by atoms with Crippen LogP contribution in [0.25, 0.3) is 0 Å². The second-order valence-electron chi connectivity index (χ2n) is 10.7. The highest BCUT2D eigenvalue weighted by molar-refractivity contribution is 9.10. The second kappa shape index (κ2) is 13.6. The Kier molecular flexibility index (Phi) is 9.40. The molecule has 0 saturated heterocycles. The molecule has 1 atom stereocenters. The molecule has 0 bridgehead atoms. The van der Waals surface area contributed by atoms with Crippen molar-refractivity contribution in [2.75, 3.05) is 5.32 Å². The minimum atomic E-state index is -0.613. The van der Waals surface area contributed by atoms with Gasteiger partial charge in [0.25, 0.3) is 0 Å². The fourth-order valence-corrected chi connectivity index (χ4v) is 6.99. The third-order valence-electron chi connectivity index (χ3n) is 7.70. The van der Waals surface area contributed by atoms with Gasteiger partial charge in [-0.1, -0.05) is 94.2 Å². The van der Waals surface area contributed by atoms with Gasteiger partial charge >= 0.3 is 5.97 Å². The highest BCUT2D eigenvalue weighted by atomic mass is 79.9. The Labute approximate surface area is 269 Å². The van der Waals surface area contributed by atoms with Gasteiger partial charge in [0.15, 0.2) is 0 Å². The molecule has 6 rings (SSSR count). The number of hydrogen-bond donors (Lipinski definition) is 1. The average molecular weight is 680 g/mol. The van der Waals surface area contributed by atoms with E-state index in [0.29, 0.717) is 45.5 Å². The summed E-state index contributed by atoms with van der Waals surface area (Å²) in [6.07, 6.45) is 5.00. The van der Waals surface area contributed by atoms with Crippen LogP contribution in [0.5, 0.6) is 5.75 Å². The molecule has 10 heteroatoms. The number of anilines is 1. The SMILES string of the molecule is CC1=C(C(=O)OC2CCCCC2)C(c2cc(Br)ccc2OCc2ccccc2)n2nc(SCc3ccccc3Cl)nc2N1. The molecular formula is C33H32BrClN4O3S. The fraction of sp³-hybridized carbons (Fsp3) is 0.303. The highest BCUT2D eigenvalue weighted by Crippen LogP contribution is 2.42. The lowest BCUT2D eigenvalue weighted by Gasteiger charge is -2.31. The molecule has 222 valence electrons. The van der Waals surface area contributed by atoms with Gasteiger partial charge in [0.05, 0.1) is 5.57 Å². The number of nitrogens with zero attached hydrogens (tertiary/aromatic N) is 3. The van der Waals surface area contributed by atoms with Crippen LogP contribution in [0, 0.1) is 0 Å². The summed E-state index contributed by atoms with van der Waals surface area (Å²) in [6, 6.07) is 23.0. The standard InChI is InChI=1S/C33H32BrClN4O3S/c1-21-29(31(40)42-25-13-6-3-7-14-25)30(26-18-24(34)16-17-28(26)41-19-22-10-4-2-5-11-22)39-32(36-21)37-33(38-39)43-20-23-12-8-9-15-27(23)35/h2,4-5,8-12,15-18,25,30H,3,6-7,13-14,19-20H2,1H3,(H,36,37,38). The molecule has 1 N–H and O–H groups in total. The third-order valence-corrected chi connectivity index (χ3v) is 9.45. The summed E-state index contributed by atoms with van der Waals surface area (Å²) < 4.78 is 15.1. The van der Waals surface area contributed by atoms with Crippen LogP contribution >= 0.6 is 39.3 Å². The number of fused-ring (bicyclic) bond motifs is 1. The summed E-state index contributed by atoms with van der Waals surface area (Å²) in [5.41, 5.74) is 4.01. The number of ether oxygens (including phenoxy) is 2. The van der Waals surface area contributed by atoms with E-state index in [4.69, 9.17) is 31.2 Å². The Bertz CT molecular complexity index is 1640. The summed E-state index contributed by atoms with van der Waals surface area (Å²) in [7, 11) is 0. The molecule has 0 radical (unpaired) electrons. The van der Waals surface area contributed by atoms with E-state index in [2.05, 4.69) is 21.2 Å². The van der Waals surface area contributed by atoms with Gasteiger partial charge in [0.2, 0.25) is 11.1 Å². The molecular weight excluding hydrogens is 648 g/mol. The number of carbonyl (C=O) groups excluding carboxylic acids is 1. The maximum absolute atomic E-state index is 13.9. The van der Waals surface area contributed by atoms with Crippen molar-refractivity contribution in [3.05, 3.63) is 110 Å². The van der Waals surface area contributed by atoms with E-state index < -0.39 is 6.04 Å². The number of benzene rings is 3. The van der Waals surface area contributed by atoms with Gasteiger partial charge in [0, 0.05) is 26.5 Å². The van der Waals surface area contributed by atoms with Crippen LogP contribution in [0.1, 0.15) is 61.8 Å². The Morgan fingerprint density at radius 2 is 1.84 bits per heavy atom. The zero-order chi connectivity index (χ0) is 29.8. The smallest absolute Gasteiger partial charge is 0.338 e. The maximum atomic E-state index is 13.9. The normalized spacial score (nSPS) is 16.9. The molecule has 2 aliphatic rings. The van der Waals surface area contributed by atoms with E-state index >= 15 is 0 Å². The van der Waals surface area contributed by atoms with Crippen molar-refractivity contribution in [3.63, 3.8) is 0 Å². The Hall–Kier alpha value is -3.27. The number of halogens is 2. The first-order valence-electron chi connectivity index (χ1n) is 14.4. The molecule has 1 aliphatic heterocycles. The van der Waals surface area contributed by atoms with Crippen molar-refractivity contribution >= 4 is 51.2 Å². The molecule has 7 nitrogen and oxygen atoms in total. The largest absolute Gasteiger partial charge is 0.489 e. The lowest BCUT2D eigenvalue weighted by molar-refractivity contribution is -0.146. The van der Waals surface area contributed by atoms with Gasteiger partial charge in [-0.25, -0.2) is 9.48 Å². The van der Waals surface area contributed by atoms with Crippen LogP contribution in [-0.4, -0.2) is 26.8 Å². The molecule has 3 aromatic carbocycles. The molecule has 43 heavy (non-hydrogen) atoms. The van der Waals surface area contributed by atoms with Crippen molar-refractivity contribution in [1.82, 2.24) is 14.8 Å². The Morgan fingerprint density at radius 1 is 1.07 bits per heavy atom. The molecule has 1 aliphatic carbocycles. The zero-order valence-electron chi connectivity index (χ0n) is 23.8. The van der Waals surface area contributed by atoms with E-state index in [1.54, 1.807) is 4.68 Å². The number of rotatable bonds is 9. The van der Waals surface area contributed by atoms with Crippen molar-refractivity contribution in [1.29, 1.82) is 0 Å². The fourth-order valence-electron chi connectivity index (χ4n) is 5.50. The van der Waals surface area contributed by atoms with Crippen molar-refractivity contribution < 1.29 is 14.3 Å². The summed E-state index contributed by atoms with van der Waals surface area (Å²) in [4.78, 5) is 18.7.